The Morgan fingerprint density at radius 1 is 1.43 bits per heavy atom. The van der Waals surface area contributed by atoms with Gasteiger partial charge in [-0.05, 0) is 35.0 Å². The average molecular weight is 424 g/mol. The second kappa shape index (κ2) is 8.35. The molecule has 1 unspecified atom stereocenters. The normalized spacial score (nSPS) is 11.8. The molecule has 8 heteroatoms. The number of nitrogens with one attached hydrogen (secondary N) is 1. The highest BCUT2D eigenvalue weighted by molar-refractivity contribution is 9.11. The van der Waals surface area contributed by atoms with Crippen molar-refractivity contribution in [2.75, 3.05) is 13.2 Å². The van der Waals surface area contributed by atoms with Gasteiger partial charge in [0.25, 0.3) is 0 Å². The molecule has 1 rings (SSSR count). The van der Waals surface area contributed by atoms with Gasteiger partial charge >= 0.3 is 5.97 Å². The van der Waals surface area contributed by atoms with Crippen LogP contribution in [0.4, 0.5) is 0 Å². The zero-order valence-electron chi connectivity index (χ0n) is 11.4. The largest absolute Gasteiger partial charge is 0.506 e. The number of carbonyl (C=O) groups excluding carboxylic acids is 2. The molecule has 1 atom stereocenters. The standard InChI is InChI=1S/C13H16Br2N2O4/c1-2-21-12(19)5-10(17-11(18)6-16)8-3-7(14)4-9(15)13(8)20/h3-4,10,20H,2,5-6,16H2,1H3,(H,17,18). The van der Waals surface area contributed by atoms with E-state index in [9.17, 15) is 14.7 Å². The smallest absolute Gasteiger partial charge is 0.308 e. The molecule has 0 fully saturated rings. The van der Waals surface area contributed by atoms with E-state index in [0.29, 0.717) is 14.5 Å². The second-order valence-corrected chi connectivity index (χ2v) is 5.93. The van der Waals surface area contributed by atoms with Crippen molar-refractivity contribution < 1.29 is 19.4 Å². The number of benzene rings is 1. The Bertz CT molecular complexity index is 537. The van der Waals surface area contributed by atoms with Crippen molar-refractivity contribution >= 4 is 43.7 Å². The molecule has 1 amide bonds. The van der Waals surface area contributed by atoms with Gasteiger partial charge in [0.05, 0.1) is 30.1 Å². The Morgan fingerprint density at radius 3 is 2.67 bits per heavy atom. The van der Waals surface area contributed by atoms with Crippen molar-refractivity contribution in [2.45, 2.75) is 19.4 Å². The maximum Gasteiger partial charge on any atom is 0.308 e. The Morgan fingerprint density at radius 2 is 2.10 bits per heavy atom. The van der Waals surface area contributed by atoms with Crippen LogP contribution in [0.3, 0.4) is 0 Å². The summed E-state index contributed by atoms with van der Waals surface area (Å²) in [5.74, 6) is -0.958. The summed E-state index contributed by atoms with van der Waals surface area (Å²) in [6.45, 7) is 1.72. The number of aromatic hydroxyl groups is 1. The van der Waals surface area contributed by atoms with Gasteiger partial charge in [-0.25, -0.2) is 0 Å². The first-order chi connectivity index (χ1) is 9.88. The number of phenolic OH excluding ortho intramolecular Hbond substituents is 1. The fourth-order valence-electron chi connectivity index (χ4n) is 1.73. The molecule has 1 aromatic carbocycles. The van der Waals surface area contributed by atoms with Crippen LogP contribution in [-0.4, -0.2) is 30.1 Å². The highest BCUT2D eigenvalue weighted by Gasteiger charge is 2.23. The topological polar surface area (TPSA) is 102 Å². The van der Waals surface area contributed by atoms with Gasteiger partial charge < -0.3 is 20.9 Å². The minimum Gasteiger partial charge on any atom is -0.506 e. The third-order valence-corrected chi connectivity index (χ3v) is 3.69. The number of phenols is 1. The predicted octanol–water partition coefficient (Wildman–Crippen LogP) is 1.99. The summed E-state index contributed by atoms with van der Waals surface area (Å²) in [6.07, 6.45) is -0.101. The van der Waals surface area contributed by atoms with Crippen LogP contribution in [0.15, 0.2) is 21.1 Å². The van der Waals surface area contributed by atoms with E-state index in [-0.39, 0.29) is 25.3 Å². The summed E-state index contributed by atoms with van der Waals surface area (Å²) in [4.78, 5) is 23.2. The Labute approximate surface area is 139 Å². The van der Waals surface area contributed by atoms with E-state index in [0.717, 1.165) is 0 Å². The van der Waals surface area contributed by atoms with Crippen molar-refractivity contribution in [1.82, 2.24) is 5.32 Å². The van der Waals surface area contributed by atoms with Crippen molar-refractivity contribution in [3.8, 4) is 5.75 Å². The SMILES string of the molecule is CCOC(=O)CC(NC(=O)CN)c1cc(Br)cc(Br)c1O. The first-order valence-electron chi connectivity index (χ1n) is 6.22. The van der Waals surface area contributed by atoms with Crippen molar-refractivity contribution in [3.63, 3.8) is 0 Å². The van der Waals surface area contributed by atoms with E-state index < -0.39 is 17.9 Å². The highest BCUT2D eigenvalue weighted by Crippen LogP contribution is 2.36. The van der Waals surface area contributed by atoms with Gasteiger partial charge in [-0.3, -0.25) is 9.59 Å². The molecule has 0 spiro atoms. The number of carbonyl (C=O) groups is 2. The summed E-state index contributed by atoms with van der Waals surface area (Å²) in [5.41, 5.74) is 5.67. The molecule has 1 aromatic rings. The van der Waals surface area contributed by atoms with Crippen molar-refractivity contribution in [1.29, 1.82) is 0 Å². The molecule has 0 aromatic heterocycles. The lowest BCUT2D eigenvalue weighted by atomic mass is 10.0. The number of halogens is 2. The Kier molecular flexibility index (Phi) is 7.13. The van der Waals surface area contributed by atoms with E-state index in [4.69, 9.17) is 10.5 Å². The van der Waals surface area contributed by atoms with E-state index in [1.54, 1.807) is 19.1 Å². The van der Waals surface area contributed by atoms with Crippen LogP contribution in [0.25, 0.3) is 0 Å². The third-order valence-electron chi connectivity index (χ3n) is 2.63. The minimum absolute atomic E-state index is 0.0511. The number of rotatable bonds is 6. The number of amides is 1. The van der Waals surface area contributed by atoms with Crippen LogP contribution in [0, 0.1) is 0 Å². The van der Waals surface area contributed by atoms with E-state index in [1.807, 2.05) is 0 Å². The number of ether oxygens (including phenoxy) is 1. The first-order valence-corrected chi connectivity index (χ1v) is 7.80. The number of hydrogen-bond donors (Lipinski definition) is 3. The quantitative estimate of drug-likeness (QED) is 0.607. The summed E-state index contributed by atoms with van der Waals surface area (Å²) < 4.78 is 6.02. The molecule has 21 heavy (non-hydrogen) atoms. The summed E-state index contributed by atoms with van der Waals surface area (Å²) in [5, 5.41) is 12.7. The monoisotopic (exact) mass is 422 g/mol. The third kappa shape index (κ3) is 5.29. The Balaban J connectivity index is 3.10. The maximum absolute atomic E-state index is 11.7. The van der Waals surface area contributed by atoms with E-state index in [1.165, 1.54) is 0 Å². The first kappa shape index (κ1) is 17.9. The van der Waals surface area contributed by atoms with Gasteiger partial charge in [0.1, 0.15) is 5.75 Å². The predicted molar refractivity (Wildman–Crippen MR) is 84.7 cm³/mol. The molecule has 116 valence electrons. The molecule has 6 nitrogen and oxygen atoms in total. The molecular weight excluding hydrogens is 408 g/mol. The van der Waals surface area contributed by atoms with Gasteiger partial charge in [0, 0.05) is 10.0 Å². The minimum atomic E-state index is -0.728. The average Bonchev–Trinajstić information content (AvgIpc) is 2.42. The fourth-order valence-corrected chi connectivity index (χ4v) is 2.99. The van der Waals surface area contributed by atoms with E-state index >= 15 is 0 Å². The molecule has 0 saturated carbocycles. The van der Waals surface area contributed by atoms with Gasteiger partial charge in [-0.2, -0.15) is 0 Å². The number of nitrogens with two attached hydrogens (primary N) is 1. The number of esters is 1. The van der Waals surface area contributed by atoms with Gasteiger partial charge in [0.2, 0.25) is 5.91 Å². The lowest BCUT2D eigenvalue weighted by Gasteiger charge is -2.20. The Hall–Kier alpha value is -1.12. The van der Waals surface area contributed by atoms with Crippen molar-refractivity contribution in [2.24, 2.45) is 5.73 Å². The molecule has 0 saturated heterocycles. The van der Waals surface area contributed by atoms with Crippen LogP contribution < -0.4 is 11.1 Å². The van der Waals surface area contributed by atoms with Crippen molar-refractivity contribution in [3.05, 3.63) is 26.6 Å². The highest BCUT2D eigenvalue weighted by atomic mass is 79.9. The molecule has 0 aliphatic rings. The maximum atomic E-state index is 11.7. The molecule has 4 N–H and O–H groups in total. The summed E-state index contributed by atoms with van der Waals surface area (Å²) in [7, 11) is 0. The zero-order valence-corrected chi connectivity index (χ0v) is 14.5. The molecule has 0 heterocycles. The van der Waals surface area contributed by atoms with Crippen LogP contribution >= 0.6 is 31.9 Å². The summed E-state index contributed by atoms with van der Waals surface area (Å²) >= 11 is 6.51. The van der Waals surface area contributed by atoms with Crippen LogP contribution in [0.5, 0.6) is 5.75 Å². The van der Waals surface area contributed by atoms with Crippen LogP contribution in [0.2, 0.25) is 0 Å². The molecule has 0 aliphatic carbocycles. The van der Waals surface area contributed by atoms with Crippen LogP contribution in [0.1, 0.15) is 24.9 Å². The molecular formula is C13H16Br2N2O4. The van der Waals surface area contributed by atoms with Crippen LogP contribution in [-0.2, 0) is 14.3 Å². The molecule has 0 radical (unpaired) electrons. The lowest BCUT2D eigenvalue weighted by Crippen LogP contribution is -2.35. The van der Waals surface area contributed by atoms with E-state index in [2.05, 4.69) is 37.2 Å². The number of hydrogen-bond acceptors (Lipinski definition) is 5. The molecule has 0 bridgehead atoms. The lowest BCUT2D eigenvalue weighted by molar-refractivity contribution is -0.143. The molecule has 0 aliphatic heterocycles. The van der Waals surface area contributed by atoms with Gasteiger partial charge in [-0.1, -0.05) is 15.9 Å². The van der Waals surface area contributed by atoms with Gasteiger partial charge in [-0.15, -0.1) is 0 Å². The fraction of sp³-hybridized carbons (Fsp3) is 0.385. The van der Waals surface area contributed by atoms with Gasteiger partial charge in [0.15, 0.2) is 0 Å². The second-order valence-electron chi connectivity index (χ2n) is 4.16. The zero-order chi connectivity index (χ0) is 16.0. The summed E-state index contributed by atoms with van der Waals surface area (Å²) in [6, 6.07) is 2.56.